The zero-order valence-electron chi connectivity index (χ0n) is 12.6. The fourth-order valence-electron chi connectivity index (χ4n) is 2.32. The molecule has 1 aromatic carbocycles. The molecule has 0 unspecified atom stereocenters. The highest BCUT2D eigenvalue weighted by molar-refractivity contribution is 6.30. The van der Waals surface area contributed by atoms with Gasteiger partial charge in [0.1, 0.15) is 5.75 Å². The molecular formula is C16H18ClN3O2. The van der Waals surface area contributed by atoms with Gasteiger partial charge in [-0.1, -0.05) is 18.5 Å². The first-order chi connectivity index (χ1) is 10.6. The second-order valence-electron chi connectivity index (χ2n) is 4.76. The lowest BCUT2D eigenvalue weighted by Crippen LogP contribution is -2.01. The topological polar surface area (TPSA) is 71.1 Å². The van der Waals surface area contributed by atoms with E-state index in [2.05, 4.69) is 11.2 Å². The minimum Gasteiger partial charge on any atom is -0.439 e. The number of aliphatic hydroxyl groups excluding tert-OH is 1. The Morgan fingerprint density at radius 1 is 1.36 bits per heavy atom. The SMILES string of the molecule is CCc1c(CCO)nn(CC)c1Oc1cc(Cl)cc(C#N)c1. The summed E-state index contributed by atoms with van der Waals surface area (Å²) in [5.41, 5.74) is 2.25. The van der Waals surface area contributed by atoms with E-state index in [1.54, 1.807) is 22.9 Å². The van der Waals surface area contributed by atoms with Crippen molar-refractivity contribution in [2.45, 2.75) is 33.2 Å². The maximum absolute atomic E-state index is 9.16. The summed E-state index contributed by atoms with van der Waals surface area (Å²) < 4.78 is 7.72. The van der Waals surface area contributed by atoms with Crippen molar-refractivity contribution < 1.29 is 9.84 Å². The highest BCUT2D eigenvalue weighted by Crippen LogP contribution is 2.31. The van der Waals surface area contributed by atoms with Gasteiger partial charge in [0, 0.05) is 30.2 Å². The molecule has 0 saturated heterocycles. The number of aryl methyl sites for hydroxylation is 1. The highest BCUT2D eigenvalue weighted by Gasteiger charge is 2.18. The van der Waals surface area contributed by atoms with Crippen molar-refractivity contribution in [3.8, 4) is 17.7 Å². The molecule has 0 spiro atoms. The molecule has 6 heteroatoms. The number of hydrogen-bond donors (Lipinski definition) is 1. The van der Waals surface area contributed by atoms with Gasteiger partial charge in [-0.3, -0.25) is 0 Å². The second-order valence-corrected chi connectivity index (χ2v) is 5.20. The summed E-state index contributed by atoms with van der Waals surface area (Å²) in [6.45, 7) is 4.69. The van der Waals surface area contributed by atoms with Crippen LogP contribution < -0.4 is 4.74 Å². The van der Waals surface area contributed by atoms with Gasteiger partial charge in [0.25, 0.3) is 0 Å². The van der Waals surface area contributed by atoms with Crippen LogP contribution in [0.25, 0.3) is 0 Å². The van der Waals surface area contributed by atoms with Gasteiger partial charge in [0.2, 0.25) is 5.88 Å². The number of nitrogens with zero attached hydrogens (tertiary/aromatic N) is 3. The Morgan fingerprint density at radius 3 is 2.73 bits per heavy atom. The van der Waals surface area contributed by atoms with Gasteiger partial charge >= 0.3 is 0 Å². The number of nitriles is 1. The number of hydrogen-bond acceptors (Lipinski definition) is 4. The van der Waals surface area contributed by atoms with Gasteiger partial charge in [-0.25, -0.2) is 4.68 Å². The summed E-state index contributed by atoms with van der Waals surface area (Å²) in [4.78, 5) is 0. The third-order valence-corrected chi connectivity index (χ3v) is 3.52. The number of aromatic nitrogens is 2. The van der Waals surface area contributed by atoms with E-state index in [4.69, 9.17) is 26.7 Å². The summed E-state index contributed by atoms with van der Waals surface area (Å²) in [7, 11) is 0. The van der Waals surface area contributed by atoms with E-state index >= 15 is 0 Å². The average molecular weight is 320 g/mol. The first-order valence-corrected chi connectivity index (χ1v) is 7.58. The van der Waals surface area contributed by atoms with Crippen molar-refractivity contribution in [1.82, 2.24) is 9.78 Å². The number of ether oxygens (including phenoxy) is 1. The van der Waals surface area contributed by atoms with Crippen molar-refractivity contribution in [3.05, 3.63) is 40.0 Å². The molecule has 116 valence electrons. The molecule has 0 fully saturated rings. The lowest BCUT2D eigenvalue weighted by molar-refractivity contribution is 0.297. The van der Waals surface area contributed by atoms with Gasteiger partial charge < -0.3 is 9.84 Å². The summed E-state index contributed by atoms with van der Waals surface area (Å²) in [6, 6.07) is 6.95. The highest BCUT2D eigenvalue weighted by atomic mass is 35.5. The molecule has 5 nitrogen and oxygen atoms in total. The lowest BCUT2D eigenvalue weighted by Gasteiger charge is -2.10. The molecule has 1 heterocycles. The summed E-state index contributed by atoms with van der Waals surface area (Å²) in [6.07, 6.45) is 1.24. The number of rotatable bonds is 6. The molecule has 2 aromatic rings. The fraction of sp³-hybridized carbons (Fsp3) is 0.375. The molecule has 0 saturated carbocycles. The van der Waals surface area contributed by atoms with Crippen molar-refractivity contribution in [2.75, 3.05) is 6.61 Å². The molecule has 1 aromatic heterocycles. The first-order valence-electron chi connectivity index (χ1n) is 7.20. The number of halogens is 1. The van der Waals surface area contributed by atoms with Crippen LogP contribution in [-0.2, 0) is 19.4 Å². The molecule has 0 amide bonds. The third-order valence-electron chi connectivity index (χ3n) is 3.30. The largest absolute Gasteiger partial charge is 0.439 e. The summed E-state index contributed by atoms with van der Waals surface area (Å²) in [5, 5.41) is 23.1. The first kappa shape index (κ1) is 16.3. The number of benzene rings is 1. The Morgan fingerprint density at radius 2 is 2.14 bits per heavy atom. The molecule has 0 atom stereocenters. The maximum Gasteiger partial charge on any atom is 0.221 e. The van der Waals surface area contributed by atoms with Crippen LogP contribution in [0.3, 0.4) is 0 Å². The molecule has 0 aliphatic rings. The van der Waals surface area contributed by atoms with E-state index in [1.165, 1.54) is 0 Å². The second kappa shape index (κ2) is 7.30. The number of aliphatic hydroxyl groups is 1. The monoisotopic (exact) mass is 319 g/mol. The van der Waals surface area contributed by atoms with Crippen LogP contribution in [0.2, 0.25) is 5.02 Å². The van der Waals surface area contributed by atoms with Gasteiger partial charge in [0.15, 0.2) is 0 Å². The minimum atomic E-state index is 0.0446. The zero-order valence-corrected chi connectivity index (χ0v) is 13.4. The Kier molecular flexibility index (Phi) is 5.42. The average Bonchev–Trinajstić information content (AvgIpc) is 2.83. The quantitative estimate of drug-likeness (QED) is 0.886. The van der Waals surface area contributed by atoms with E-state index in [0.717, 1.165) is 17.7 Å². The van der Waals surface area contributed by atoms with Crippen LogP contribution in [-0.4, -0.2) is 21.5 Å². The van der Waals surface area contributed by atoms with E-state index in [-0.39, 0.29) is 6.61 Å². The van der Waals surface area contributed by atoms with Gasteiger partial charge in [-0.2, -0.15) is 10.4 Å². The molecule has 0 radical (unpaired) electrons. The van der Waals surface area contributed by atoms with Gasteiger partial charge in [0.05, 0.1) is 17.3 Å². The molecule has 22 heavy (non-hydrogen) atoms. The van der Waals surface area contributed by atoms with Crippen molar-refractivity contribution in [3.63, 3.8) is 0 Å². The standard InChI is InChI=1S/C16H18ClN3O2/c1-3-14-15(5-6-21)19-20(4-2)16(14)22-13-8-11(10-18)7-12(17)9-13/h7-9,21H,3-6H2,1-2H3. The third kappa shape index (κ3) is 3.41. The lowest BCUT2D eigenvalue weighted by atomic mass is 10.1. The molecule has 0 bridgehead atoms. The van der Waals surface area contributed by atoms with Crippen LogP contribution in [0, 0.1) is 11.3 Å². The fourth-order valence-corrected chi connectivity index (χ4v) is 2.54. The smallest absolute Gasteiger partial charge is 0.221 e. The minimum absolute atomic E-state index is 0.0446. The summed E-state index contributed by atoms with van der Waals surface area (Å²) >= 11 is 6.01. The Hall–Kier alpha value is -2.03. The van der Waals surface area contributed by atoms with E-state index in [0.29, 0.717) is 35.2 Å². The Labute approximate surface area is 134 Å². The zero-order chi connectivity index (χ0) is 16.1. The van der Waals surface area contributed by atoms with Crippen molar-refractivity contribution >= 4 is 11.6 Å². The van der Waals surface area contributed by atoms with Crippen LogP contribution in [0.1, 0.15) is 30.7 Å². The maximum atomic E-state index is 9.16. The predicted octanol–water partition coefficient (Wildman–Crippen LogP) is 3.32. The normalized spacial score (nSPS) is 10.5. The molecule has 2 rings (SSSR count). The van der Waals surface area contributed by atoms with E-state index < -0.39 is 0 Å². The van der Waals surface area contributed by atoms with Crippen LogP contribution in [0.5, 0.6) is 11.6 Å². The molecule has 1 N–H and O–H groups in total. The molecule has 0 aliphatic heterocycles. The van der Waals surface area contributed by atoms with Gasteiger partial charge in [-0.15, -0.1) is 0 Å². The van der Waals surface area contributed by atoms with Crippen molar-refractivity contribution in [1.29, 1.82) is 5.26 Å². The van der Waals surface area contributed by atoms with E-state index in [1.807, 2.05) is 13.8 Å². The Bertz CT molecular complexity index is 704. The van der Waals surface area contributed by atoms with E-state index in [9.17, 15) is 0 Å². The van der Waals surface area contributed by atoms with Crippen molar-refractivity contribution in [2.24, 2.45) is 0 Å². The van der Waals surface area contributed by atoms with Crippen LogP contribution >= 0.6 is 11.6 Å². The molecular weight excluding hydrogens is 302 g/mol. The van der Waals surface area contributed by atoms with Crippen LogP contribution in [0.15, 0.2) is 18.2 Å². The van der Waals surface area contributed by atoms with Crippen LogP contribution in [0.4, 0.5) is 0 Å². The predicted molar refractivity (Wildman–Crippen MR) is 84.3 cm³/mol. The summed E-state index contributed by atoms with van der Waals surface area (Å²) in [5.74, 6) is 1.14. The van der Waals surface area contributed by atoms with Gasteiger partial charge in [-0.05, 0) is 31.5 Å². The Balaban J connectivity index is 2.44. The molecule has 0 aliphatic carbocycles.